The molecule has 0 N–H and O–H groups in total. The van der Waals surface area contributed by atoms with Crippen LogP contribution in [0.1, 0.15) is 0 Å². The highest BCUT2D eigenvalue weighted by molar-refractivity contribution is 6.27. The first-order valence-corrected chi connectivity index (χ1v) is 17.1. The molecule has 0 radical (unpaired) electrons. The molecule has 0 aliphatic rings. The van der Waals surface area contributed by atoms with Crippen LogP contribution in [-0.4, -0.2) is 0 Å². The van der Waals surface area contributed by atoms with Crippen molar-refractivity contribution in [2.24, 2.45) is 0 Å². The van der Waals surface area contributed by atoms with Crippen molar-refractivity contribution in [3.05, 3.63) is 170 Å². The molecule has 0 amide bonds. The van der Waals surface area contributed by atoms with E-state index in [2.05, 4.69) is 146 Å². The Morgan fingerprint density at radius 2 is 0.840 bits per heavy atom. The standard InChI is InChI=1S/C48H28O2/c1-3-9-29(10-4-1)35-23-19-31-22-26-39-36(24-20-32-21-25-38(35)45(31)46(32)39)30-15-17-33(18-16-30)47-41-27-40-37-13-7-8-14-42(37)49-43(40)28-44(41)50-48(47)34-11-5-2-6-12-34/h1-28H. The van der Waals surface area contributed by atoms with Gasteiger partial charge in [0.05, 0.1) is 0 Å². The lowest BCUT2D eigenvalue weighted by atomic mass is 9.87. The Bertz CT molecular complexity index is 3050. The van der Waals surface area contributed by atoms with Crippen LogP contribution in [0.15, 0.2) is 179 Å². The van der Waals surface area contributed by atoms with Crippen LogP contribution in [0.5, 0.6) is 0 Å². The Morgan fingerprint density at radius 1 is 0.300 bits per heavy atom. The number of furan rings is 2. The normalized spacial score (nSPS) is 12.0. The maximum Gasteiger partial charge on any atom is 0.143 e. The molecule has 0 aliphatic carbocycles. The molecule has 0 atom stereocenters. The minimum atomic E-state index is 0.816. The first kappa shape index (κ1) is 27.3. The molecule has 0 fully saturated rings. The second-order valence-corrected chi connectivity index (χ2v) is 13.2. The summed E-state index contributed by atoms with van der Waals surface area (Å²) in [5.74, 6) is 0.863. The quantitative estimate of drug-likeness (QED) is 0.180. The topological polar surface area (TPSA) is 26.3 Å². The summed E-state index contributed by atoms with van der Waals surface area (Å²) < 4.78 is 12.9. The van der Waals surface area contributed by atoms with Gasteiger partial charge in [-0.25, -0.2) is 0 Å². The molecule has 0 saturated carbocycles. The highest BCUT2D eigenvalue weighted by atomic mass is 16.3. The van der Waals surface area contributed by atoms with E-state index in [-0.39, 0.29) is 0 Å². The molecular formula is C48H28O2. The van der Waals surface area contributed by atoms with E-state index in [1.807, 2.05) is 24.3 Å². The zero-order valence-corrected chi connectivity index (χ0v) is 27.0. The van der Waals surface area contributed by atoms with E-state index in [1.165, 1.54) is 54.6 Å². The SMILES string of the molecule is c1ccc(-c2oc3cc4oc5ccccc5c4cc3c2-c2ccc(-c3ccc4ccc5c(-c6ccccc6)ccc6ccc3c4c65)cc2)cc1. The fourth-order valence-electron chi connectivity index (χ4n) is 8.13. The summed E-state index contributed by atoms with van der Waals surface area (Å²) in [6.07, 6.45) is 0. The van der Waals surface area contributed by atoms with Gasteiger partial charge in [0.15, 0.2) is 0 Å². The molecule has 50 heavy (non-hydrogen) atoms. The van der Waals surface area contributed by atoms with Crippen molar-refractivity contribution in [2.75, 3.05) is 0 Å². The summed E-state index contributed by atoms with van der Waals surface area (Å²) in [5.41, 5.74) is 10.7. The van der Waals surface area contributed by atoms with Crippen LogP contribution >= 0.6 is 0 Å². The number of hydrogen-bond acceptors (Lipinski definition) is 2. The van der Waals surface area contributed by atoms with Crippen molar-refractivity contribution < 1.29 is 8.83 Å². The van der Waals surface area contributed by atoms with Crippen LogP contribution < -0.4 is 0 Å². The molecule has 11 rings (SSSR count). The molecule has 0 aliphatic heterocycles. The maximum absolute atomic E-state index is 6.66. The first-order chi connectivity index (χ1) is 24.8. The Labute approximate surface area is 287 Å². The van der Waals surface area contributed by atoms with Gasteiger partial charge < -0.3 is 8.83 Å². The summed E-state index contributed by atoms with van der Waals surface area (Å²) in [7, 11) is 0. The second-order valence-electron chi connectivity index (χ2n) is 13.2. The van der Waals surface area contributed by atoms with E-state index < -0.39 is 0 Å². The molecule has 2 heterocycles. The van der Waals surface area contributed by atoms with Gasteiger partial charge in [-0.15, -0.1) is 0 Å². The van der Waals surface area contributed by atoms with Gasteiger partial charge in [-0.2, -0.15) is 0 Å². The molecule has 2 nitrogen and oxygen atoms in total. The predicted octanol–water partition coefficient (Wildman–Crippen LogP) is 13.9. The summed E-state index contributed by atoms with van der Waals surface area (Å²) in [6, 6.07) is 60.8. The monoisotopic (exact) mass is 636 g/mol. The Morgan fingerprint density at radius 3 is 1.52 bits per heavy atom. The van der Waals surface area contributed by atoms with Crippen molar-refractivity contribution in [3.8, 4) is 44.7 Å². The molecule has 0 saturated heterocycles. The second kappa shape index (κ2) is 10.4. The lowest BCUT2D eigenvalue weighted by Crippen LogP contribution is -1.89. The minimum absolute atomic E-state index is 0.816. The van der Waals surface area contributed by atoms with Crippen molar-refractivity contribution in [2.45, 2.75) is 0 Å². The Balaban J connectivity index is 1.10. The van der Waals surface area contributed by atoms with Crippen LogP contribution in [0.4, 0.5) is 0 Å². The number of benzene rings is 9. The molecular weight excluding hydrogens is 609 g/mol. The molecule has 2 heteroatoms. The van der Waals surface area contributed by atoms with E-state index in [4.69, 9.17) is 8.83 Å². The lowest BCUT2D eigenvalue weighted by molar-refractivity contribution is 0.629. The number of hydrogen-bond donors (Lipinski definition) is 0. The largest absolute Gasteiger partial charge is 0.456 e. The van der Waals surface area contributed by atoms with Gasteiger partial charge in [-0.05, 0) is 72.3 Å². The third kappa shape index (κ3) is 3.96. The summed E-state index contributed by atoms with van der Waals surface area (Å²) >= 11 is 0. The van der Waals surface area contributed by atoms with Gasteiger partial charge in [0, 0.05) is 33.4 Å². The van der Waals surface area contributed by atoms with E-state index in [9.17, 15) is 0 Å². The zero-order chi connectivity index (χ0) is 32.8. The lowest BCUT2D eigenvalue weighted by Gasteiger charge is -2.16. The number of fused-ring (bicyclic) bond motifs is 4. The van der Waals surface area contributed by atoms with Crippen molar-refractivity contribution in [1.82, 2.24) is 0 Å². The van der Waals surface area contributed by atoms with Gasteiger partial charge in [0.25, 0.3) is 0 Å². The Hall–Kier alpha value is -6.64. The van der Waals surface area contributed by atoms with Gasteiger partial charge in [0.2, 0.25) is 0 Å². The van der Waals surface area contributed by atoms with E-state index in [0.29, 0.717) is 0 Å². The van der Waals surface area contributed by atoms with Crippen LogP contribution in [-0.2, 0) is 0 Å². The molecule has 0 unspecified atom stereocenters. The van der Waals surface area contributed by atoms with Crippen LogP contribution in [0.3, 0.4) is 0 Å². The van der Waals surface area contributed by atoms with Gasteiger partial charge >= 0.3 is 0 Å². The summed E-state index contributed by atoms with van der Waals surface area (Å²) in [4.78, 5) is 0. The summed E-state index contributed by atoms with van der Waals surface area (Å²) in [5, 5.41) is 11.0. The minimum Gasteiger partial charge on any atom is -0.456 e. The molecule has 9 aromatic carbocycles. The highest BCUT2D eigenvalue weighted by Gasteiger charge is 2.21. The molecule has 2 aromatic heterocycles. The Kier molecular flexibility index (Phi) is 5.70. The molecule has 0 bridgehead atoms. The van der Waals surface area contributed by atoms with Crippen LogP contribution in [0.25, 0.3) is 110 Å². The fraction of sp³-hybridized carbons (Fsp3) is 0. The number of rotatable bonds is 4. The van der Waals surface area contributed by atoms with E-state index in [1.54, 1.807) is 0 Å². The molecule has 11 aromatic rings. The molecule has 0 spiro atoms. The number of para-hydroxylation sites is 1. The van der Waals surface area contributed by atoms with Crippen molar-refractivity contribution in [1.29, 1.82) is 0 Å². The highest BCUT2D eigenvalue weighted by Crippen LogP contribution is 2.46. The zero-order valence-electron chi connectivity index (χ0n) is 27.0. The van der Waals surface area contributed by atoms with E-state index in [0.717, 1.165) is 55.4 Å². The first-order valence-electron chi connectivity index (χ1n) is 17.1. The van der Waals surface area contributed by atoms with Crippen LogP contribution in [0.2, 0.25) is 0 Å². The third-order valence-corrected chi connectivity index (χ3v) is 10.5. The fourth-order valence-corrected chi connectivity index (χ4v) is 8.13. The average Bonchev–Trinajstić information content (AvgIpc) is 3.74. The van der Waals surface area contributed by atoms with Crippen molar-refractivity contribution in [3.63, 3.8) is 0 Å². The smallest absolute Gasteiger partial charge is 0.143 e. The maximum atomic E-state index is 6.66. The van der Waals surface area contributed by atoms with Gasteiger partial charge in [-0.3, -0.25) is 0 Å². The predicted molar refractivity (Wildman–Crippen MR) is 209 cm³/mol. The van der Waals surface area contributed by atoms with Gasteiger partial charge in [-0.1, -0.05) is 152 Å². The molecule has 232 valence electrons. The van der Waals surface area contributed by atoms with Crippen LogP contribution in [0, 0.1) is 0 Å². The third-order valence-electron chi connectivity index (χ3n) is 10.5. The summed E-state index contributed by atoms with van der Waals surface area (Å²) in [6.45, 7) is 0. The van der Waals surface area contributed by atoms with Gasteiger partial charge in [0.1, 0.15) is 22.5 Å². The van der Waals surface area contributed by atoms with Crippen molar-refractivity contribution >= 4 is 65.2 Å². The van der Waals surface area contributed by atoms with E-state index >= 15 is 0 Å². The average molecular weight is 637 g/mol.